The number of piperidine rings is 1. The minimum absolute atomic E-state index is 0.958. The Morgan fingerprint density at radius 1 is 1.23 bits per heavy atom. The molecule has 2 heteroatoms. The quantitative estimate of drug-likeness (QED) is 0.684. The van der Waals surface area contributed by atoms with Crippen molar-refractivity contribution in [1.29, 1.82) is 0 Å². The second kappa shape index (κ2) is 3.25. The fraction of sp³-hybridized carbons (Fsp3) is 1.00. The molecule has 3 fully saturated rings. The smallest absolute Gasteiger partial charge is 0.00987 e. The molecule has 0 radical (unpaired) electrons. The molecule has 0 aromatic heterocycles. The summed E-state index contributed by atoms with van der Waals surface area (Å²) in [5.41, 5.74) is 0. The van der Waals surface area contributed by atoms with E-state index in [1.54, 1.807) is 0 Å². The van der Waals surface area contributed by atoms with E-state index in [2.05, 4.69) is 10.2 Å². The average Bonchev–Trinajstić information content (AvgIpc) is 2.77. The van der Waals surface area contributed by atoms with E-state index in [9.17, 15) is 0 Å². The largest absolute Gasteiger partial charge is 0.316 e. The first-order valence-electron chi connectivity index (χ1n) is 5.86. The van der Waals surface area contributed by atoms with Gasteiger partial charge in [-0.1, -0.05) is 0 Å². The fourth-order valence-corrected chi connectivity index (χ4v) is 3.45. The minimum Gasteiger partial charge on any atom is -0.316 e. The number of hydrogen-bond acceptors (Lipinski definition) is 2. The van der Waals surface area contributed by atoms with Gasteiger partial charge in [-0.25, -0.2) is 0 Å². The van der Waals surface area contributed by atoms with Gasteiger partial charge in [0.25, 0.3) is 0 Å². The van der Waals surface area contributed by atoms with Gasteiger partial charge in [0.15, 0.2) is 0 Å². The van der Waals surface area contributed by atoms with Gasteiger partial charge in [-0.3, -0.25) is 4.90 Å². The molecule has 1 saturated carbocycles. The lowest BCUT2D eigenvalue weighted by Crippen LogP contribution is -2.36. The van der Waals surface area contributed by atoms with Crippen molar-refractivity contribution in [2.75, 3.05) is 26.2 Å². The first-order valence-corrected chi connectivity index (χ1v) is 5.86. The molecule has 1 aliphatic carbocycles. The standard InChI is InChI=1S/C11H20N2/c1-2-11-5-9(1)7-13(11)8-10-3-4-12-6-10/h9-12H,1-8H2. The van der Waals surface area contributed by atoms with Crippen LogP contribution in [0.1, 0.15) is 25.7 Å². The Bertz CT molecular complexity index is 187. The van der Waals surface area contributed by atoms with Crippen LogP contribution in [0.3, 0.4) is 0 Å². The molecule has 3 atom stereocenters. The first kappa shape index (κ1) is 8.25. The Balaban J connectivity index is 1.55. The van der Waals surface area contributed by atoms with Crippen molar-refractivity contribution in [1.82, 2.24) is 10.2 Å². The van der Waals surface area contributed by atoms with Gasteiger partial charge in [0.1, 0.15) is 0 Å². The van der Waals surface area contributed by atoms with Crippen LogP contribution in [0.5, 0.6) is 0 Å². The SMILES string of the molecule is C1CC(CN2CC3CCC2C3)CN1. The van der Waals surface area contributed by atoms with Crippen molar-refractivity contribution in [3.8, 4) is 0 Å². The van der Waals surface area contributed by atoms with Crippen LogP contribution in [-0.4, -0.2) is 37.1 Å². The van der Waals surface area contributed by atoms with E-state index in [4.69, 9.17) is 0 Å². The van der Waals surface area contributed by atoms with Crippen molar-refractivity contribution in [2.24, 2.45) is 11.8 Å². The Morgan fingerprint density at radius 2 is 2.23 bits per heavy atom. The van der Waals surface area contributed by atoms with E-state index in [1.807, 2.05) is 0 Å². The van der Waals surface area contributed by atoms with Crippen LogP contribution in [0, 0.1) is 11.8 Å². The summed E-state index contributed by atoms with van der Waals surface area (Å²) in [7, 11) is 0. The minimum atomic E-state index is 0.958. The Kier molecular flexibility index (Phi) is 2.06. The topological polar surface area (TPSA) is 15.3 Å². The lowest BCUT2D eigenvalue weighted by atomic mass is 10.1. The van der Waals surface area contributed by atoms with E-state index < -0.39 is 0 Å². The average molecular weight is 180 g/mol. The van der Waals surface area contributed by atoms with Crippen LogP contribution in [0.2, 0.25) is 0 Å². The maximum atomic E-state index is 3.46. The van der Waals surface area contributed by atoms with Crippen molar-refractivity contribution < 1.29 is 0 Å². The summed E-state index contributed by atoms with van der Waals surface area (Å²) in [4.78, 5) is 2.77. The number of nitrogens with zero attached hydrogens (tertiary/aromatic N) is 1. The fourth-order valence-electron chi connectivity index (χ4n) is 3.45. The number of hydrogen-bond donors (Lipinski definition) is 1. The molecule has 3 unspecified atom stereocenters. The predicted octanol–water partition coefficient (Wildman–Crippen LogP) is 1.08. The Hall–Kier alpha value is -0.0800. The van der Waals surface area contributed by atoms with Gasteiger partial charge in [-0.05, 0) is 50.6 Å². The summed E-state index contributed by atoms with van der Waals surface area (Å²) in [6, 6.07) is 0.977. The summed E-state index contributed by atoms with van der Waals surface area (Å²) in [6.07, 6.45) is 5.93. The lowest BCUT2D eigenvalue weighted by molar-refractivity contribution is 0.186. The van der Waals surface area contributed by atoms with Crippen LogP contribution in [-0.2, 0) is 0 Å². The number of fused-ring (bicyclic) bond motifs is 2. The van der Waals surface area contributed by atoms with Gasteiger partial charge in [-0.15, -0.1) is 0 Å². The summed E-state index contributed by atoms with van der Waals surface area (Å²) >= 11 is 0. The van der Waals surface area contributed by atoms with Gasteiger partial charge in [-0.2, -0.15) is 0 Å². The van der Waals surface area contributed by atoms with Crippen molar-refractivity contribution >= 4 is 0 Å². The zero-order valence-electron chi connectivity index (χ0n) is 8.34. The van der Waals surface area contributed by atoms with Crippen LogP contribution in [0.25, 0.3) is 0 Å². The van der Waals surface area contributed by atoms with E-state index in [0.29, 0.717) is 0 Å². The van der Waals surface area contributed by atoms with Gasteiger partial charge in [0.05, 0.1) is 0 Å². The maximum absolute atomic E-state index is 3.46. The highest BCUT2D eigenvalue weighted by Gasteiger charge is 2.38. The Labute approximate surface area is 80.7 Å². The molecule has 0 spiro atoms. The van der Waals surface area contributed by atoms with E-state index in [0.717, 1.165) is 17.9 Å². The molecule has 3 rings (SSSR count). The number of likely N-dealkylation sites (tertiary alicyclic amines) is 1. The van der Waals surface area contributed by atoms with E-state index >= 15 is 0 Å². The van der Waals surface area contributed by atoms with Gasteiger partial charge in [0.2, 0.25) is 0 Å². The molecular weight excluding hydrogens is 160 g/mol. The van der Waals surface area contributed by atoms with Gasteiger partial charge in [0, 0.05) is 19.1 Å². The zero-order chi connectivity index (χ0) is 8.67. The molecular formula is C11H20N2. The third kappa shape index (κ3) is 1.50. The molecule has 2 nitrogen and oxygen atoms in total. The van der Waals surface area contributed by atoms with Crippen LogP contribution in [0.15, 0.2) is 0 Å². The van der Waals surface area contributed by atoms with Crippen LogP contribution in [0.4, 0.5) is 0 Å². The van der Waals surface area contributed by atoms with Crippen molar-refractivity contribution in [2.45, 2.75) is 31.7 Å². The molecule has 2 bridgehead atoms. The molecule has 0 amide bonds. The second-order valence-electron chi connectivity index (χ2n) is 5.15. The van der Waals surface area contributed by atoms with E-state index in [-0.39, 0.29) is 0 Å². The van der Waals surface area contributed by atoms with Gasteiger partial charge >= 0.3 is 0 Å². The molecule has 0 aromatic carbocycles. The zero-order valence-corrected chi connectivity index (χ0v) is 8.34. The van der Waals surface area contributed by atoms with E-state index in [1.165, 1.54) is 51.9 Å². The van der Waals surface area contributed by atoms with Crippen LogP contribution >= 0.6 is 0 Å². The molecule has 2 heterocycles. The predicted molar refractivity (Wildman–Crippen MR) is 53.7 cm³/mol. The highest BCUT2D eigenvalue weighted by molar-refractivity contribution is 4.93. The monoisotopic (exact) mass is 180 g/mol. The van der Waals surface area contributed by atoms with Crippen LogP contribution < -0.4 is 5.32 Å². The highest BCUT2D eigenvalue weighted by atomic mass is 15.2. The van der Waals surface area contributed by atoms with Crippen molar-refractivity contribution in [3.63, 3.8) is 0 Å². The number of rotatable bonds is 2. The molecule has 13 heavy (non-hydrogen) atoms. The third-order valence-corrected chi connectivity index (χ3v) is 4.18. The highest BCUT2D eigenvalue weighted by Crippen LogP contribution is 2.37. The lowest BCUT2D eigenvalue weighted by Gasteiger charge is -2.28. The first-order chi connectivity index (χ1) is 6.42. The normalized spacial score (nSPS) is 44.8. The molecule has 3 aliphatic rings. The summed E-state index contributed by atoms with van der Waals surface area (Å²) in [5, 5.41) is 3.46. The Morgan fingerprint density at radius 3 is 2.85 bits per heavy atom. The molecule has 1 N–H and O–H groups in total. The molecule has 0 aromatic rings. The molecule has 2 saturated heterocycles. The summed E-state index contributed by atoms with van der Waals surface area (Å²) < 4.78 is 0. The molecule has 74 valence electrons. The third-order valence-electron chi connectivity index (χ3n) is 4.18. The van der Waals surface area contributed by atoms with Crippen molar-refractivity contribution in [3.05, 3.63) is 0 Å². The number of nitrogens with one attached hydrogen (secondary N) is 1. The second-order valence-corrected chi connectivity index (χ2v) is 5.15. The summed E-state index contributed by atoms with van der Waals surface area (Å²) in [6.45, 7) is 5.33. The summed E-state index contributed by atoms with van der Waals surface area (Å²) in [5.74, 6) is 2.03. The maximum Gasteiger partial charge on any atom is 0.00987 e. The molecule has 2 aliphatic heterocycles. The van der Waals surface area contributed by atoms with Gasteiger partial charge < -0.3 is 5.32 Å².